The Morgan fingerprint density at radius 1 is 1.23 bits per heavy atom. The number of hydrogen-bond donors (Lipinski definition) is 1. The highest BCUT2D eigenvalue weighted by atomic mass is 32.2. The van der Waals surface area contributed by atoms with Crippen LogP contribution in [0.15, 0.2) is 48.8 Å². The number of carbonyl (C=O) groups is 1. The summed E-state index contributed by atoms with van der Waals surface area (Å²) in [5.74, 6) is 0. The van der Waals surface area contributed by atoms with Crippen LogP contribution in [0.3, 0.4) is 0 Å². The monoisotopic (exact) mass is 319 g/mol. The number of hydrogen-bond acceptors (Lipinski definition) is 5. The molecule has 0 amide bonds. The first-order valence-corrected chi connectivity index (χ1v) is 8.22. The van der Waals surface area contributed by atoms with Crippen LogP contribution < -0.4 is 9.62 Å². The molecule has 1 aromatic heterocycles. The summed E-state index contributed by atoms with van der Waals surface area (Å²) in [6.07, 6.45) is 2.86. The topological polar surface area (TPSA) is 79.4 Å². The molecular formula is C15H17N3O3S. The van der Waals surface area contributed by atoms with E-state index in [-0.39, 0.29) is 12.1 Å². The van der Waals surface area contributed by atoms with Gasteiger partial charge in [0, 0.05) is 25.4 Å². The highest BCUT2D eigenvalue weighted by Crippen LogP contribution is 2.30. The molecule has 1 aromatic carbocycles. The Balaban J connectivity index is 2.38. The van der Waals surface area contributed by atoms with Crippen molar-refractivity contribution in [3.63, 3.8) is 0 Å². The van der Waals surface area contributed by atoms with Gasteiger partial charge in [0.05, 0.1) is 17.6 Å². The van der Waals surface area contributed by atoms with Gasteiger partial charge in [-0.25, -0.2) is 0 Å². The summed E-state index contributed by atoms with van der Waals surface area (Å²) in [5.41, 5.74) is 1.75. The predicted octanol–water partition coefficient (Wildman–Crippen LogP) is 2.53. The van der Waals surface area contributed by atoms with Gasteiger partial charge in [0.15, 0.2) is 0 Å². The van der Waals surface area contributed by atoms with Crippen LogP contribution in [0.4, 0.5) is 17.1 Å². The predicted molar refractivity (Wildman–Crippen MR) is 86.6 cm³/mol. The van der Waals surface area contributed by atoms with Crippen LogP contribution in [0, 0.1) is 0 Å². The third-order valence-electron chi connectivity index (χ3n) is 3.14. The van der Waals surface area contributed by atoms with Gasteiger partial charge in [-0.2, -0.15) is 8.42 Å². The van der Waals surface area contributed by atoms with Crippen molar-refractivity contribution >= 4 is 32.2 Å². The summed E-state index contributed by atoms with van der Waals surface area (Å²) in [6.45, 7) is 1.50. The Morgan fingerprint density at radius 2 is 1.91 bits per heavy atom. The molecule has 2 aromatic rings. The lowest BCUT2D eigenvalue weighted by Crippen LogP contribution is -2.23. The van der Waals surface area contributed by atoms with Gasteiger partial charge in [-0.05, 0) is 18.2 Å². The van der Waals surface area contributed by atoms with Crippen molar-refractivity contribution in [2.45, 2.75) is 13.3 Å². The van der Waals surface area contributed by atoms with Crippen LogP contribution in [0.5, 0.6) is 0 Å². The van der Waals surface area contributed by atoms with Gasteiger partial charge in [0.25, 0.3) is 15.1 Å². The number of nitrogens with zero attached hydrogens (tertiary/aromatic N) is 2. The van der Waals surface area contributed by atoms with Gasteiger partial charge in [-0.3, -0.25) is 14.5 Å². The van der Waals surface area contributed by atoms with Crippen molar-refractivity contribution in [3.05, 3.63) is 48.8 Å². The minimum absolute atomic E-state index is 0.0839. The Bertz CT molecular complexity index is 761. The van der Waals surface area contributed by atoms with E-state index in [1.54, 1.807) is 12.3 Å². The van der Waals surface area contributed by atoms with Crippen molar-refractivity contribution in [3.8, 4) is 0 Å². The summed E-state index contributed by atoms with van der Waals surface area (Å²) in [7, 11) is -2.25. The van der Waals surface area contributed by atoms with Gasteiger partial charge in [-0.15, -0.1) is 0 Å². The highest BCUT2D eigenvalue weighted by molar-refractivity contribution is 8.07. The van der Waals surface area contributed by atoms with Gasteiger partial charge < -0.3 is 4.90 Å². The average molecular weight is 319 g/mol. The number of aromatic nitrogens is 1. The molecule has 0 radical (unpaired) electrons. The Morgan fingerprint density at radius 3 is 2.55 bits per heavy atom. The Labute approximate surface area is 129 Å². The van der Waals surface area contributed by atoms with E-state index in [2.05, 4.69) is 9.71 Å². The fourth-order valence-corrected chi connectivity index (χ4v) is 2.88. The Hall–Kier alpha value is -2.41. The molecule has 6 nitrogen and oxygen atoms in total. The second-order valence-corrected chi connectivity index (χ2v) is 6.28. The molecule has 0 aliphatic rings. The first kappa shape index (κ1) is 16.0. The van der Waals surface area contributed by atoms with Gasteiger partial charge in [0.1, 0.15) is 0 Å². The maximum atomic E-state index is 11.9. The molecule has 0 fully saturated rings. The summed E-state index contributed by atoms with van der Waals surface area (Å²) in [5, 5.41) is -0.857. The molecule has 7 heteroatoms. The summed E-state index contributed by atoms with van der Waals surface area (Å²) in [4.78, 5) is 17.2. The fraction of sp³-hybridized carbons (Fsp3) is 0.200. The Kier molecular flexibility index (Phi) is 4.77. The molecule has 1 N–H and O–H groups in total. The molecule has 116 valence electrons. The lowest BCUT2D eigenvalue weighted by molar-refractivity contribution is -0.111. The van der Waals surface area contributed by atoms with E-state index in [9.17, 15) is 13.2 Å². The van der Waals surface area contributed by atoms with Crippen LogP contribution >= 0.6 is 0 Å². The first-order valence-electron chi connectivity index (χ1n) is 6.74. The SMILES string of the molecule is CCC(=O)S(=O)(=O)Nc1cnccc1N(C)c1ccccc1. The van der Waals surface area contributed by atoms with Crippen LogP contribution in [0.1, 0.15) is 13.3 Å². The number of carbonyl (C=O) groups excluding carboxylic acids is 1. The summed E-state index contributed by atoms with van der Waals surface area (Å²) >= 11 is 0. The molecule has 0 bridgehead atoms. The van der Waals surface area contributed by atoms with Crippen molar-refractivity contribution in [2.24, 2.45) is 0 Å². The third kappa shape index (κ3) is 3.43. The van der Waals surface area contributed by atoms with E-state index in [4.69, 9.17) is 0 Å². The van der Waals surface area contributed by atoms with Crippen LogP contribution in [-0.2, 0) is 14.8 Å². The standard InChI is InChI=1S/C15H17N3O3S/c1-3-15(19)22(20,21)17-13-11-16-10-9-14(13)18(2)12-7-5-4-6-8-12/h4-11,17H,3H2,1-2H3. The smallest absolute Gasteiger partial charge is 0.295 e. The first-order chi connectivity index (χ1) is 10.5. The molecule has 1 heterocycles. The maximum Gasteiger partial charge on any atom is 0.295 e. The molecule has 0 unspecified atom stereocenters. The molecule has 0 aliphatic carbocycles. The zero-order valence-electron chi connectivity index (χ0n) is 12.4. The van der Waals surface area contributed by atoms with E-state index in [1.807, 2.05) is 42.3 Å². The second kappa shape index (κ2) is 6.57. The van der Waals surface area contributed by atoms with Crippen LogP contribution in [0.25, 0.3) is 0 Å². The number of benzene rings is 1. The van der Waals surface area contributed by atoms with Crippen LogP contribution in [-0.4, -0.2) is 25.6 Å². The average Bonchev–Trinajstić information content (AvgIpc) is 2.54. The van der Waals surface area contributed by atoms with Gasteiger partial charge in [-0.1, -0.05) is 25.1 Å². The van der Waals surface area contributed by atoms with Crippen molar-refractivity contribution in [1.82, 2.24) is 4.98 Å². The minimum atomic E-state index is -4.06. The molecule has 2 rings (SSSR count). The highest BCUT2D eigenvalue weighted by Gasteiger charge is 2.22. The second-order valence-electron chi connectivity index (χ2n) is 4.62. The van der Waals surface area contributed by atoms with Crippen LogP contribution in [0.2, 0.25) is 0 Å². The lowest BCUT2D eigenvalue weighted by atomic mass is 10.2. The number of rotatable bonds is 5. The zero-order chi connectivity index (χ0) is 16.2. The number of anilines is 3. The third-order valence-corrected chi connectivity index (χ3v) is 4.51. The van der Waals surface area contributed by atoms with Crippen molar-refractivity contribution in [2.75, 3.05) is 16.7 Å². The van der Waals surface area contributed by atoms with E-state index in [0.29, 0.717) is 5.69 Å². The molecule has 0 atom stereocenters. The number of para-hydroxylation sites is 1. The van der Waals surface area contributed by atoms with Crippen molar-refractivity contribution < 1.29 is 13.2 Å². The van der Waals surface area contributed by atoms with Crippen molar-refractivity contribution in [1.29, 1.82) is 0 Å². The normalized spacial score (nSPS) is 11.0. The largest absolute Gasteiger partial charge is 0.343 e. The van der Waals surface area contributed by atoms with Gasteiger partial charge in [0.2, 0.25) is 0 Å². The number of sulfonamides is 1. The van der Waals surface area contributed by atoms with E-state index in [0.717, 1.165) is 5.69 Å². The minimum Gasteiger partial charge on any atom is -0.343 e. The molecule has 22 heavy (non-hydrogen) atoms. The summed E-state index contributed by atoms with van der Waals surface area (Å²) < 4.78 is 26.2. The van der Waals surface area contributed by atoms with E-state index >= 15 is 0 Å². The number of pyridine rings is 1. The van der Waals surface area contributed by atoms with E-state index in [1.165, 1.54) is 13.1 Å². The molecular weight excluding hydrogens is 302 g/mol. The molecule has 0 saturated heterocycles. The fourth-order valence-electron chi connectivity index (χ4n) is 1.94. The molecule has 0 spiro atoms. The molecule has 0 saturated carbocycles. The summed E-state index contributed by atoms with van der Waals surface area (Å²) in [6, 6.07) is 11.1. The molecule has 0 aliphatic heterocycles. The maximum absolute atomic E-state index is 11.9. The quantitative estimate of drug-likeness (QED) is 0.916. The number of nitrogens with one attached hydrogen (secondary N) is 1. The van der Waals surface area contributed by atoms with Gasteiger partial charge >= 0.3 is 0 Å². The lowest BCUT2D eigenvalue weighted by Gasteiger charge is -2.22. The van der Waals surface area contributed by atoms with E-state index < -0.39 is 15.1 Å². The zero-order valence-corrected chi connectivity index (χ0v) is 13.2.